The molecule has 0 saturated carbocycles. The summed E-state index contributed by atoms with van der Waals surface area (Å²) >= 11 is 0. The Morgan fingerprint density at radius 1 is 1.43 bits per heavy atom. The molecule has 1 heteroatoms. The molecule has 1 aliphatic heterocycles. The maximum atomic E-state index is 2.42. The van der Waals surface area contributed by atoms with E-state index < -0.39 is 0 Å². The summed E-state index contributed by atoms with van der Waals surface area (Å²) in [6.45, 7) is 6.87. The summed E-state index contributed by atoms with van der Waals surface area (Å²) < 4.78 is 0. The van der Waals surface area contributed by atoms with Gasteiger partial charge in [-0.15, -0.1) is 0 Å². The second-order valence-electron chi connectivity index (χ2n) is 2.34. The molecule has 1 nitrogen and oxygen atoms in total. The Bertz CT molecular complexity index is 55.2. The van der Waals surface area contributed by atoms with E-state index in [-0.39, 0.29) is 0 Å². The second-order valence-corrected chi connectivity index (χ2v) is 2.34. The molecule has 0 aromatic heterocycles. The Balaban J connectivity index is 2.14. The highest BCUT2D eigenvalue weighted by atomic mass is 15.2. The summed E-state index contributed by atoms with van der Waals surface area (Å²) in [5, 5.41) is 0. The fourth-order valence-corrected chi connectivity index (χ4v) is 0.700. The standard InChI is InChI=1S/C6H12N/c1-6(2)7-4-3-5-7/h3,6H,4-5H2,1-2H3. The van der Waals surface area contributed by atoms with Gasteiger partial charge >= 0.3 is 0 Å². The zero-order valence-electron chi connectivity index (χ0n) is 5.02. The first kappa shape index (κ1) is 5.10. The van der Waals surface area contributed by atoms with Gasteiger partial charge in [-0.05, 0) is 20.3 Å². The lowest BCUT2D eigenvalue weighted by Gasteiger charge is -2.33. The van der Waals surface area contributed by atoms with Gasteiger partial charge in [0.15, 0.2) is 0 Å². The molecule has 0 bridgehead atoms. The molecule has 1 radical (unpaired) electrons. The molecule has 0 aromatic carbocycles. The minimum atomic E-state index is 0.755. The Morgan fingerprint density at radius 2 is 2.00 bits per heavy atom. The van der Waals surface area contributed by atoms with Crippen LogP contribution in [0.2, 0.25) is 0 Å². The predicted molar refractivity (Wildman–Crippen MR) is 31.0 cm³/mol. The van der Waals surface area contributed by atoms with Gasteiger partial charge in [-0.2, -0.15) is 0 Å². The van der Waals surface area contributed by atoms with Gasteiger partial charge in [-0.3, -0.25) is 0 Å². The second kappa shape index (κ2) is 1.83. The molecule has 1 saturated heterocycles. The minimum absolute atomic E-state index is 0.755. The van der Waals surface area contributed by atoms with Crippen molar-refractivity contribution in [2.45, 2.75) is 19.9 Å². The molecule has 0 spiro atoms. The lowest BCUT2D eigenvalue weighted by molar-refractivity contribution is 0.193. The van der Waals surface area contributed by atoms with Crippen molar-refractivity contribution in [2.24, 2.45) is 0 Å². The van der Waals surface area contributed by atoms with E-state index in [9.17, 15) is 0 Å². The minimum Gasteiger partial charge on any atom is -0.300 e. The summed E-state index contributed by atoms with van der Waals surface area (Å²) in [4.78, 5) is 2.42. The third-order valence-corrected chi connectivity index (χ3v) is 1.46. The van der Waals surface area contributed by atoms with Crippen LogP contribution in [0.4, 0.5) is 0 Å². The van der Waals surface area contributed by atoms with Crippen molar-refractivity contribution in [3.63, 3.8) is 0 Å². The van der Waals surface area contributed by atoms with E-state index in [0.29, 0.717) is 0 Å². The van der Waals surface area contributed by atoms with Gasteiger partial charge in [-0.1, -0.05) is 0 Å². The van der Waals surface area contributed by atoms with Crippen LogP contribution in [0.1, 0.15) is 13.8 Å². The topological polar surface area (TPSA) is 3.24 Å². The Labute approximate surface area is 45.3 Å². The van der Waals surface area contributed by atoms with Crippen molar-refractivity contribution >= 4 is 0 Å². The van der Waals surface area contributed by atoms with Crippen LogP contribution in [-0.2, 0) is 0 Å². The van der Waals surface area contributed by atoms with Crippen LogP contribution in [0.3, 0.4) is 0 Å². The fourth-order valence-electron chi connectivity index (χ4n) is 0.700. The van der Waals surface area contributed by atoms with Crippen LogP contribution in [-0.4, -0.2) is 24.0 Å². The number of likely N-dealkylation sites (tertiary alicyclic amines) is 1. The average Bonchev–Trinajstić information content (AvgIpc) is 1.23. The molecule has 1 rings (SSSR count). The molecule has 41 valence electrons. The van der Waals surface area contributed by atoms with E-state index in [4.69, 9.17) is 0 Å². The van der Waals surface area contributed by atoms with Crippen LogP contribution in [0, 0.1) is 6.42 Å². The van der Waals surface area contributed by atoms with Gasteiger partial charge < -0.3 is 4.90 Å². The smallest absolute Gasteiger partial charge is 0.00388 e. The molecular formula is C6H12N. The van der Waals surface area contributed by atoms with E-state index in [1.165, 1.54) is 13.1 Å². The molecule has 1 heterocycles. The van der Waals surface area contributed by atoms with Gasteiger partial charge in [0.05, 0.1) is 0 Å². The summed E-state index contributed by atoms with van der Waals surface area (Å²) in [5.41, 5.74) is 0. The van der Waals surface area contributed by atoms with Crippen molar-refractivity contribution in [1.82, 2.24) is 4.90 Å². The van der Waals surface area contributed by atoms with Gasteiger partial charge in [0.2, 0.25) is 0 Å². The van der Waals surface area contributed by atoms with Crippen LogP contribution in [0.25, 0.3) is 0 Å². The van der Waals surface area contributed by atoms with Crippen molar-refractivity contribution in [2.75, 3.05) is 13.1 Å². The van der Waals surface area contributed by atoms with Crippen LogP contribution in [0.5, 0.6) is 0 Å². The third-order valence-electron chi connectivity index (χ3n) is 1.46. The summed E-state index contributed by atoms with van der Waals surface area (Å²) in [5.74, 6) is 0. The molecule has 0 N–H and O–H groups in total. The molecule has 0 amide bonds. The number of rotatable bonds is 1. The first-order valence-electron chi connectivity index (χ1n) is 2.86. The van der Waals surface area contributed by atoms with Crippen molar-refractivity contribution < 1.29 is 0 Å². The Kier molecular flexibility index (Phi) is 1.33. The Morgan fingerprint density at radius 3 is 2.00 bits per heavy atom. The molecule has 1 aliphatic rings. The highest BCUT2D eigenvalue weighted by molar-refractivity contribution is 4.87. The predicted octanol–water partition coefficient (Wildman–Crippen LogP) is 0.915. The summed E-state index contributed by atoms with van der Waals surface area (Å²) in [6.07, 6.45) is 2.29. The quantitative estimate of drug-likeness (QED) is 0.471. The Hall–Kier alpha value is -0.0400. The molecule has 0 aromatic rings. The molecule has 0 atom stereocenters. The van der Waals surface area contributed by atoms with E-state index in [2.05, 4.69) is 25.2 Å². The molecule has 7 heavy (non-hydrogen) atoms. The largest absolute Gasteiger partial charge is 0.300 e. The maximum Gasteiger partial charge on any atom is 0.00388 e. The van der Waals surface area contributed by atoms with E-state index in [0.717, 1.165) is 6.04 Å². The number of hydrogen-bond donors (Lipinski definition) is 0. The molecule has 1 fully saturated rings. The van der Waals surface area contributed by atoms with Crippen molar-refractivity contribution in [3.05, 3.63) is 6.42 Å². The van der Waals surface area contributed by atoms with Crippen molar-refractivity contribution in [1.29, 1.82) is 0 Å². The SMILES string of the molecule is CC(C)N1C[CH]C1. The normalized spacial score (nSPS) is 22.7. The highest BCUT2D eigenvalue weighted by Crippen LogP contribution is 2.07. The first-order valence-corrected chi connectivity index (χ1v) is 2.86. The van der Waals surface area contributed by atoms with Crippen molar-refractivity contribution in [3.8, 4) is 0 Å². The highest BCUT2D eigenvalue weighted by Gasteiger charge is 2.15. The summed E-state index contributed by atoms with van der Waals surface area (Å²) in [7, 11) is 0. The monoisotopic (exact) mass is 98.1 g/mol. The first-order chi connectivity index (χ1) is 3.30. The lowest BCUT2D eigenvalue weighted by Crippen LogP contribution is -2.42. The van der Waals surface area contributed by atoms with E-state index in [1.807, 2.05) is 0 Å². The zero-order chi connectivity index (χ0) is 5.28. The van der Waals surface area contributed by atoms with Crippen LogP contribution >= 0.6 is 0 Å². The van der Waals surface area contributed by atoms with Gasteiger partial charge in [0, 0.05) is 19.1 Å². The van der Waals surface area contributed by atoms with Gasteiger partial charge in [0.1, 0.15) is 0 Å². The van der Waals surface area contributed by atoms with Crippen LogP contribution < -0.4 is 0 Å². The molecule has 0 unspecified atom stereocenters. The fraction of sp³-hybridized carbons (Fsp3) is 0.833. The van der Waals surface area contributed by atoms with Gasteiger partial charge in [-0.25, -0.2) is 0 Å². The summed E-state index contributed by atoms with van der Waals surface area (Å²) in [6, 6.07) is 0.755. The third kappa shape index (κ3) is 0.942. The van der Waals surface area contributed by atoms with E-state index >= 15 is 0 Å². The average molecular weight is 98.2 g/mol. The molecular weight excluding hydrogens is 86.1 g/mol. The zero-order valence-corrected chi connectivity index (χ0v) is 5.02. The maximum absolute atomic E-state index is 2.42. The van der Waals surface area contributed by atoms with Crippen LogP contribution in [0.15, 0.2) is 0 Å². The van der Waals surface area contributed by atoms with Gasteiger partial charge in [0.25, 0.3) is 0 Å². The number of nitrogens with zero attached hydrogens (tertiary/aromatic N) is 1. The number of hydrogen-bond acceptors (Lipinski definition) is 1. The van der Waals surface area contributed by atoms with E-state index in [1.54, 1.807) is 0 Å². The molecule has 0 aliphatic carbocycles. The lowest BCUT2D eigenvalue weighted by atomic mass is 10.2.